The molecular weight excluding hydrogens is 262 g/mol. The Balaban J connectivity index is 2.97. The molecule has 0 spiro atoms. The maximum Gasteiger partial charge on any atom is 0.254 e. The van der Waals surface area contributed by atoms with E-state index in [1.54, 1.807) is 6.07 Å². The van der Waals surface area contributed by atoms with Crippen molar-refractivity contribution in [3.63, 3.8) is 0 Å². The zero-order valence-electron chi connectivity index (χ0n) is 14.0. The molecule has 1 heterocycles. The van der Waals surface area contributed by atoms with Crippen LogP contribution in [0.3, 0.4) is 0 Å². The van der Waals surface area contributed by atoms with Gasteiger partial charge in [0, 0.05) is 23.8 Å². The third-order valence-corrected chi connectivity index (χ3v) is 3.59. The quantitative estimate of drug-likeness (QED) is 0.777. The van der Waals surface area contributed by atoms with Gasteiger partial charge in [-0.3, -0.25) is 4.79 Å². The molecule has 4 heteroatoms. The zero-order valence-corrected chi connectivity index (χ0v) is 14.0. The molecule has 118 valence electrons. The lowest BCUT2D eigenvalue weighted by Gasteiger charge is -2.27. The zero-order chi connectivity index (χ0) is 16.0. The summed E-state index contributed by atoms with van der Waals surface area (Å²) in [6, 6.07) is 3.74. The summed E-state index contributed by atoms with van der Waals surface area (Å²) in [6.07, 6.45) is 3.34. The summed E-state index contributed by atoms with van der Waals surface area (Å²) in [5, 5.41) is 0. The fraction of sp³-hybridized carbons (Fsp3) is 0.647. The molecule has 2 N–H and O–H groups in total. The van der Waals surface area contributed by atoms with Crippen molar-refractivity contribution >= 4 is 11.7 Å². The highest BCUT2D eigenvalue weighted by Gasteiger charge is 2.20. The molecule has 0 aliphatic rings. The molecule has 0 bridgehead atoms. The number of amides is 1. The summed E-state index contributed by atoms with van der Waals surface area (Å²) < 4.78 is 0. The smallest absolute Gasteiger partial charge is 0.254 e. The number of aromatic nitrogens is 1. The number of hydrogen-bond donors (Lipinski definition) is 1. The third kappa shape index (κ3) is 5.03. The van der Waals surface area contributed by atoms with E-state index in [2.05, 4.69) is 39.6 Å². The van der Waals surface area contributed by atoms with E-state index in [9.17, 15) is 4.79 Å². The molecule has 0 unspecified atom stereocenters. The van der Waals surface area contributed by atoms with Crippen molar-refractivity contribution in [1.82, 2.24) is 9.88 Å². The van der Waals surface area contributed by atoms with Crippen molar-refractivity contribution < 1.29 is 4.79 Å². The van der Waals surface area contributed by atoms with Crippen molar-refractivity contribution in [1.29, 1.82) is 0 Å². The molecule has 1 aromatic heterocycles. The van der Waals surface area contributed by atoms with Gasteiger partial charge in [0.1, 0.15) is 5.82 Å². The summed E-state index contributed by atoms with van der Waals surface area (Å²) in [7, 11) is 0. The first-order valence-corrected chi connectivity index (χ1v) is 7.95. The number of nitrogen functional groups attached to an aromatic ring is 1. The fourth-order valence-electron chi connectivity index (χ4n) is 2.29. The van der Waals surface area contributed by atoms with Crippen LogP contribution in [0.15, 0.2) is 12.1 Å². The van der Waals surface area contributed by atoms with Crippen LogP contribution in [0, 0.1) is 0 Å². The lowest BCUT2D eigenvalue weighted by molar-refractivity contribution is 0.0702. The van der Waals surface area contributed by atoms with Crippen LogP contribution in [0.4, 0.5) is 5.82 Å². The average molecular weight is 291 g/mol. The minimum atomic E-state index is 0.0529. The molecule has 4 nitrogen and oxygen atoms in total. The molecule has 0 fully saturated rings. The summed E-state index contributed by atoms with van der Waals surface area (Å²) in [5.41, 5.74) is 7.37. The number of anilines is 1. The Morgan fingerprint density at radius 3 is 2.43 bits per heavy atom. The van der Waals surface area contributed by atoms with Crippen molar-refractivity contribution in [3.05, 3.63) is 23.4 Å². The monoisotopic (exact) mass is 291 g/mol. The summed E-state index contributed by atoms with van der Waals surface area (Å²) in [6.45, 7) is 11.2. The second kappa shape index (κ2) is 8.01. The number of rotatable bonds is 7. The van der Waals surface area contributed by atoms with Gasteiger partial charge in [0.2, 0.25) is 0 Å². The molecule has 0 saturated carbocycles. The SMILES string of the molecule is CCCCCN(C(=O)c1cc(N)nc(C(C)C)c1)C(C)C. The highest BCUT2D eigenvalue weighted by Crippen LogP contribution is 2.18. The maximum absolute atomic E-state index is 12.8. The number of unbranched alkanes of at least 4 members (excludes halogenated alkanes) is 2. The van der Waals surface area contributed by atoms with Crippen molar-refractivity contribution in [2.45, 2.75) is 65.8 Å². The molecule has 21 heavy (non-hydrogen) atoms. The minimum Gasteiger partial charge on any atom is -0.384 e. The highest BCUT2D eigenvalue weighted by molar-refractivity contribution is 5.95. The predicted octanol–water partition coefficient (Wildman–Crippen LogP) is 3.83. The first kappa shape index (κ1) is 17.5. The molecule has 0 atom stereocenters. The van der Waals surface area contributed by atoms with Gasteiger partial charge in [0.05, 0.1) is 0 Å². The lowest BCUT2D eigenvalue weighted by atomic mass is 10.1. The Labute approximate surface area is 128 Å². The van der Waals surface area contributed by atoms with Gasteiger partial charge in [0.15, 0.2) is 0 Å². The van der Waals surface area contributed by atoms with E-state index in [1.807, 2.05) is 11.0 Å². The highest BCUT2D eigenvalue weighted by atomic mass is 16.2. The summed E-state index contributed by atoms with van der Waals surface area (Å²) in [4.78, 5) is 19.0. The third-order valence-electron chi connectivity index (χ3n) is 3.59. The van der Waals surface area contributed by atoms with Crippen molar-refractivity contribution in [3.8, 4) is 0 Å². The largest absolute Gasteiger partial charge is 0.384 e. The number of pyridine rings is 1. The molecular formula is C17H29N3O. The predicted molar refractivity (Wildman–Crippen MR) is 88.4 cm³/mol. The Kier molecular flexibility index (Phi) is 6.66. The number of carbonyl (C=O) groups excluding carboxylic acids is 1. The van der Waals surface area contributed by atoms with Crippen LogP contribution in [0.25, 0.3) is 0 Å². The Morgan fingerprint density at radius 1 is 1.24 bits per heavy atom. The summed E-state index contributed by atoms with van der Waals surface area (Å²) >= 11 is 0. The average Bonchev–Trinajstić information content (AvgIpc) is 2.41. The maximum atomic E-state index is 12.8. The lowest BCUT2D eigenvalue weighted by Crippen LogP contribution is -2.37. The Hall–Kier alpha value is -1.58. The number of nitrogens with two attached hydrogens (primary N) is 1. The van der Waals surface area contributed by atoms with Gasteiger partial charge in [-0.1, -0.05) is 33.6 Å². The second-order valence-corrected chi connectivity index (χ2v) is 6.16. The number of carbonyl (C=O) groups is 1. The summed E-state index contributed by atoms with van der Waals surface area (Å²) in [5.74, 6) is 0.728. The van der Waals surface area contributed by atoms with Crippen LogP contribution in [0.2, 0.25) is 0 Å². The van der Waals surface area contributed by atoms with Gasteiger partial charge >= 0.3 is 0 Å². The minimum absolute atomic E-state index is 0.0529. The van der Waals surface area contributed by atoms with E-state index >= 15 is 0 Å². The van der Waals surface area contributed by atoms with Gasteiger partial charge in [-0.15, -0.1) is 0 Å². The Morgan fingerprint density at radius 2 is 1.90 bits per heavy atom. The van der Waals surface area contributed by atoms with Gasteiger partial charge in [-0.05, 0) is 38.3 Å². The van der Waals surface area contributed by atoms with Gasteiger partial charge < -0.3 is 10.6 Å². The van der Waals surface area contributed by atoms with Crippen molar-refractivity contribution in [2.75, 3.05) is 12.3 Å². The van der Waals surface area contributed by atoms with E-state index in [0.29, 0.717) is 11.4 Å². The van der Waals surface area contributed by atoms with Crippen LogP contribution in [0.5, 0.6) is 0 Å². The van der Waals surface area contributed by atoms with Crippen LogP contribution in [0.1, 0.15) is 75.9 Å². The van der Waals surface area contributed by atoms with Gasteiger partial charge in [0.25, 0.3) is 5.91 Å². The van der Waals surface area contributed by atoms with Crippen LogP contribution >= 0.6 is 0 Å². The first-order valence-electron chi connectivity index (χ1n) is 7.95. The van der Waals surface area contributed by atoms with E-state index in [-0.39, 0.29) is 17.9 Å². The topological polar surface area (TPSA) is 59.2 Å². The molecule has 1 aromatic rings. The van der Waals surface area contributed by atoms with Gasteiger partial charge in [-0.2, -0.15) is 0 Å². The second-order valence-electron chi connectivity index (χ2n) is 6.16. The molecule has 1 amide bonds. The molecule has 0 aromatic carbocycles. The van der Waals surface area contributed by atoms with Crippen molar-refractivity contribution in [2.24, 2.45) is 0 Å². The van der Waals surface area contributed by atoms with Crippen LogP contribution < -0.4 is 5.73 Å². The Bertz CT molecular complexity index is 469. The molecule has 0 saturated heterocycles. The number of hydrogen-bond acceptors (Lipinski definition) is 3. The van der Waals surface area contributed by atoms with Crippen LogP contribution in [-0.4, -0.2) is 28.4 Å². The standard InChI is InChI=1S/C17H29N3O/c1-6-7-8-9-20(13(4)5)17(21)14-10-15(12(2)3)19-16(18)11-14/h10-13H,6-9H2,1-5H3,(H2,18,19). The van der Waals surface area contributed by atoms with E-state index in [0.717, 1.165) is 31.5 Å². The fourth-order valence-corrected chi connectivity index (χ4v) is 2.29. The number of nitrogens with zero attached hydrogens (tertiary/aromatic N) is 2. The normalized spacial score (nSPS) is 11.2. The molecule has 1 rings (SSSR count). The molecule has 0 aliphatic heterocycles. The van der Waals surface area contributed by atoms with Crippen LogP contribution in [-0.2, 0) is 0 Å². The molecule has 0 aliphatic carbocycles. The van der Waals surface area contributed by atoms with E-state index in [4.69, 9.17) is 5.73 Å². The van der Waals surface area contributed by atoms with E-state index in [1.165, 1.54) is 0 Å². The van der Waals surface area contributed by atoms with E-state index < -0.39 is 0 Å². The van der Waals surface area contributed by atoms with Gasteiger partial charge in [-0.25, -0.2) is 4.98 Å². The first-order chi connectivity index (χ1) is 9.86. The molecule has 0 radical (unpaired) electrons.